The number of halogens is 2. The van der Waals surface area contributed by atoms with Crippen LogP contribution in [0.5, 0.6) is 0 Å². The molecule has 0 heterocycles. The van der Waals surface area contributed by atoms with Crippen LogP contribution < -0.4 is 9.62 Å². The second-order valence-electron chi connectivity index (χ2n) is 9.87. The molecule has 3 aromatic rings. The molecule has 0 aliphatic heterocycles. The van der Waals surface area contributed by atoms with Crippen molar-refractivity contribution < 1.29 is 18.0 Å². The minimum absolute atomic E-state index is 0.0956. The van der Waals surface area contributed by atoms with Crippen molar-refractivity contribution in [3.05, 3.63) is 99.0 Å². The summed E-state index contributed by atoms with van der Waals surface area (Å²) in [7, 11) is -3.83. The number of carbonyl (C=O) groups is 2. The maximum absolute atomic E-state index is 14.1. The Hall–Kier alpha value is -2.88. The van der Waals surface area contributed by atoms with Gasteiger partial charge in [0.05, 0.1) is 11.9 Å². The molecular formula is C30H35BrClN3O4S. The van der Waals surface area contributed by atoms with Crippen molar-refractivity contribution in [3.63, 3.8) is 0 Å². The van der Waals surface area contributed by atoms with Crippen molar-refractivity contribution in [3.8, 4) is 0 Å². The van der Waals surface area contributed by atoms with Crippen molar-refractivity contribution in [2.75, 3.05) is 17.1 Å². The first-order chi connectivity index (χ1) is 18.9. The molecule has 1 N–H and O–H groups in total. The maximum atomic E-state index is 14.1. The van der Waals surface area contributed by atoms with Gasteiger partial charge in [-0.1, -0.05) is 76.9 Å². The van der Waals surface area contributed by atoms with E-state index < -0.39 is 28.5 Å². The fraction of sp³-hybridized carbons (Fsp3) is 0.333. The molecule has 2 atom stereocenters. The van der Waals surface area contributed by atoms with Gasteiger partial charge in [-0.25, -0.2) is 8.42 Å². The zero-order valence-corrected chi connectivity index (χ0v) is 26.3. The van der Waals surface area contributed by atoms with Crippen LogP contribution in [0.15, 0.2) is 77.3 Å². The number of aryl methyl sites for hydroxylation is 1. The molecule has 40 heavy (non-hydrogen) atoms. The summed E-state index contributed by atoms with van der Waals surface area (Å²) in [5.74, 6) is -0.799. The predicted molar refractivity (Wildman–Crippen MR) is 165 cm³/mol. The van der Waals surface area contributed by atoms with Gasteiger partial charge in [0, 0.05) is 28.5 Å². The summed E-state index contributed by atoms with van der Waals surface area (Å²) in [6, 6.07) is 20.6. The van der Waals surface area contributed by atoms with Crippen LogP contribution in [0.3, 0.4) is 0 Å². The summed E-state index contributed by atoms with van der Waals surface area (Å²) >= 11 is 9.53. The molecule has 0 saturated heterocycles. The third kappa shape index (κ3) is 8.81. The number of sulfonamides is 1. The molecule has 0 bridgehead atoms. The number of benzene rings is 3. The predicted octanol–water partition coefficient (Wildman–Crippen LogP) is 5.73. The van der Waals surface area contributed by atoms with Gasteiger partial charge in [-0.2, -0.15) is 0 Å². The van der Waals surface area contributed by atoms with Gasteiger partial charge in [0.25, 0.3) is 0 Å². The second-order valence-corrected chi connectivity index (χ2v) is 13.1. The van der Waals surface area contributed by atoms with Crippen LogP contribution in [0.2, 0.25) is 5.02 Å². The second kappa shape index (κ2) is 14.1. The number of nitrogens with one attached hydrogen (secondary N) is 1. The van der Waals surface area contributed by atoms with Gasteiger partial charge in [-0.3, -0.25) is 13.9 Å². The van der Waals surface area contributed by atoms with Gasteiger partial charge in [0.2, 0.25) is 21.8 Å². The Balaban J connectivity index is 2.06. The van der Waals surface area contributed by atoms with Gasteiger partial charge in [0.1, 0.15) is 12.6 Å². The Kier molecular flexibility index (Phi) is 11.2. The number of hydrogen-bond acceptors (Lipinski definition) is 4. The monoisotopic (exact) mass is 647 g/mol. The van der Waals surface area contributed by atoms with Crippen molar-refractivity contribution in [2.24, 2.45) is 0 Å². The highest BCUT2D eigenvalue weighted by atomic mass is 79.9. The lowest BCUT2D eigenvalue weighted by atomic mass is 10.0. The third-order valence-electron chi connectivity index (χ3n) is 6.65. The number of hydrogen-bond donors (Lipinski definition) is 1. The maximum Gasteiger partial charge on any atom is 0.244 e. The summed E-state index contributed by atoms with van der Waals surface area (Å²) < 4.78 is 27.7. The smallest absolute Gasteiger partial charge is 0.244 e. The number of anilines is 1. The van der Waals surface area contributed by atoms with Crippen molar-refractivity contribution in [1.82, 2.24) is 10.2 Å². The van der Waals surface area contributed by atoms with Crippen LogP contribution >= 0.6 is 27.5 Å². The molecule has 0 radical (unpaired) electrons. The SMILES string of the molecule is CC[C@H](C)NC(=O)[C@@H](Cc1ccccc1)N(Cc1ccc(Cl)cc1)C(=O)CN(c1ccc(Br)c(C)c1)S(C)(=O)=O. The fourth-order valence-electron chi connectivity index (χ4n) is 4.18. The highest BCUT2D eigenvalue weighted by molar-refractivity contribution is 9.10. The highest BCUT2D eigenvalue weighted by Crippen LogP contribution is 2.25. The fourth-order valence-corrected chi connectivity index (χ4v) is 5.39. The van der Waals surface area contributed by atoms with Crippen LogP contribution in [0.25, 0.3) is 0 Å². The highest BCUT2D eigenvalue weighted by Gasteiger charge is 2.33. The Morgan fingerprint density at radius 2 is 1.65 bits per heavy atom. The molecule has 10 heteroatoms. The number of carbonyl (C=O) groups excluding carboxylic acids is 2. The molecule has 0 saturated carbocycles. The first-order valence-electron chi connectivity index (χ1n) is 13.0. The minimum Gasteiger partial charge on any atom is -0.352 e. The molecule has 214 valence electrons. The van der Waals surface area contributed by atoms with Gasteiger partial charge < -0.3 is 10.2 Å². The lowest BCUT2D eigenvalue weighted by Crippen LogP contribution is -2.54. The summed E-state index contributed by atoms with van der Waals surface area (Å²) in [6.45, 7) is 5.35. The first-order valence-corrected chi connectivity index (χ1v) is 16.0. The van der Waals surface area contributed by atoms with Crippen molar-refractivity contribution >= 4 is 55.1 Å². The van der Waals surface area contributed by atoms with Gasteiger partial charge >= 0.3 is 0 Å². The minimum atomic E-state index is -3.83. The van der Waals surface area contributed by atoms with Crippen LogP contribution in [0, 0.1) is 6.92 Å². The van der Waals surface area contributed by atoms with Crippen LogP contribution in [-0.2, 0) is 32.6 Å². The Morgan fingerprint density at radius 1 is 1.00 bits per heavy atom. The van der Waals surface area contributed by atoms with Crippen molar-refractivity contribution in [1.29, 1.82) is 0 Å². The zero-order chi connectivity index (χ0) is 29.4. The molecule has 7 nitrogen and oxygen atoms in total. The average Bonchev–Trinajstić information content (AvgIpc) is 2.91. The summed E-state index contributed by atoms with van der Waals surface area (Å²) in [5.41, 5.74) is 2.83. The van der Waals surface area contributed by atoms with E-state index in [0.717, 1.165) is 38.1 Å². The Labute approximate surface area is 250 Å². The molecule has 0 aliphatic rings. The van der Waals surface area contributed by atoms with E-state index in [9.17, 15) is 18.0 Å². The molecule has 0 aromatic heterocycles. The molecule has 0 spiro atoms. The molecule has 2 amide bonds. The topological polar surface area (TPSA) is 86.8 Å². The first kappa shape index (κ1) is 31.6. The summed E-state index contributed by atoms with van der Waals surface area (Å²) in [4.78, 5) is 29.2. The molecule has 3 rings (SSSR count). The molecule has 3 aromatic carbocycles. The zero-order valence-electron chi connectivity index (χ0n) is 23.1. The third-order valence-corrected chi connectivity index (χ3v) is 8.93. The average molecular weight is 649 g/mol. The standard InChI is InChI=1S/C30H35BrClN3O4S/c1-5-22(3)33-30(37)28(18-23-9-7-6-8-10-23)34(19-24-11-13-25(32)14-12-24)29(36)20-35(40(4,38)39)26-15-16-27(31)21(2)17-26/h6-17,22,28H,5,18-20H2,1-4H3,(H,33,37)/t22-,28+/m0/s1. The van der Waals surface area contributed by atoms with E-state index in [1.165, 1.54) is 4.90 Å². The van der Waals surface area contributed by atoms with E-state index in [4.69, 9.17) is 11.6 Å². The molecule has 0 unspecified atom stereocenters. The van der Waals surface area contributed by atoms with Gasteiger partial charge in [-0.15, -0.1) is 0 Å². The van der Waals surface area contributed by atoms with E-state index >= 15 is 0 Å². The number of amides is 2. The van der Waals surface area contributed by atoms with Crippen LogP contribution in [0.1, 0.15) is 37.0 Å². The number of nitrogens with zero attached hydrogens (tertiary/aromatic N) is 2. The normalized spacial score (nSPS) is 12.8. The quantitative estimate of drug-likeness (QED) is 0.272. The molecule has 0 fully saturated rings. The van der Waals surface area contributed by atoms with E-state index in [1.807, 2.05) is 51.1 Å². The van der Waals surface area contributed by atoms with Crippen molar-refractivity contribution in [2.45, 2.75) is 52.2 Å². The van der Waals surface area contributed by atoms with E-state index in [2.05, 4.69) is 21.2 Å². The van der Waals surface area contributed by atoms with Gasteiger partial charge in [-0.05, 0) is 67.3 Å². The Morgan fingerprint density at radius 3 is 2.23 bits per heavy atom. The van der Waals surface area contributed by atoms with Crippen LogP contribution in [0.4, 0.5) is 5.69 Å². The summed E-state index contributed by atoms with van der Waals surface area (Å²) in [5, 5.41) is 3.57. The van der Waals surface area contributed by atoms with E-state index in [-0.39, 0.29) is 24.9 Å². The lowest BCUT2D eigenvalue weighted by molar-refractivity contribution is -0.140. The van der Waals surface area contributed by atoms with Crippen LogP contribution in [-0.4, -0.2) is 50.0 Å². The van der Waals surface area contributed by atoms with E-state index in [0.29, 0.717) is 10.7 Å². The Bertz CT molecular complexity index is 1420. The van der Waals surface area contributed by atoms with Gasteiger partial charge in [0.15, 0.2) is 0 Å². The largest absolute Gasteiger partial charge is 0.352 e. The summed E-state index contributed by atoms with van der Waals surface area (Å²) in [6.07, 6.45) is 2.05. The lowest BCUT2D eigenvalue weighted by Gasteiger charge is -2.34. The number of rotatable bonds is 12. The molecular weight excluding hydrogens is 614 g/mol. The molecule has 0 aliphatic carbocycles. The van der Waals surface area contributed by atoms with E-state index in [1.54, 1.807) is 42.5 Å².